The van der Waals surface area contributed by atoms with Crippen molar-refractivity contribution < 1.29 is 14.9 Å². The zero-order valence-electron chi connectivity index (χ0n) is 6.14. The van der Waals surface area contributed by atoms with Crippen molar-refractivity contribution in [1.82, 2.24) is 0 Å². The highest BCUT2D eigenvalue weighted by Gasteiger charge is 2.16. The SMILES string of the molecule is [O-]P([O-])C(O)C1CC=CCC1. The molecule has 0 aliphatic heterocycles. The largest absolute Gasteiger partial charge is 0.840 e. The third-order valence-corrected chi connectivity index (χ3v) is 2.80. The van der Waals surface area contributed by atoms with Crippen LogP contribution in [0.15, 0.2) is 12.2 Å². The number of hydrogen-bond donors (Lipinski definition) is 1. The molecule has 64 valence electrons. The van der Waals surface area contributed by atoms with Gasteiger partial charge in [-0.3, -0.25) is 8.38 Å². The maximum atomic E-state index is 10.4. The van der Waals surface area contributed by atoms with Gasteiger partial charge in [-0.25, -0.2) is 0 Å². The molecule has 0 amide bonds. The lowest BCUT2D eigenvalue weighted by Crippen LogP contribution is -2.28. The Hall–Kier alpha value is 0.0500. The molecule has 3 nitrogen and oxygen atoms in total. The summed E-state index contributed by atoms with van der Waals surface area (Å²) in [6.07, 6.45) is 6.29. The summed E-state index contributed by atoms with van der Waals surface area (Å²) in [5.74, 6) is -1.23. The zero-order chi connectivity index (χ0) is 8.27. The number of allylic oxidation sites excluding steroid dienone is 2. The van der Waals surface area contributed by atoms with Gasteiger partial charge in [0.1, 0.15) is 0 Å². The fourth-order valence-corrected chi connectivity index (χ4v) is 1.87. The van der Waals surface area contributed by atoms with Gasteiger partial charge in [0, 0.05) is 5.85 Å². The van der Waals surface area contributed by atoms with Crippen LogP contribution in [-0.4, -0.2) is 11.0 Å². The molecule has 0 bridgehead atoms. The predicted molar refractivity (Wildman–Crippen MR) is 39.4 cm³/mol. The molecule has 0 aromatic heterocycles. The summed E-state index contributed by atoms with van der Waals surface area (Å²) in [4.78, 5) is 20.7. The summed E-state index contributed by atoms with van der Waals surface area (Å²) in [5.41, 5.74) is 0. The van der Waals surface area contributed by atoms with E-state index in [1.807, 2.05) is 12.2 Å². The van der Waals surface area contributed by atoms with Gasteiger partial charge in [0.25, 0.3) is 0 Å². The van der Waals surface area contributed by atoms with Crippen LogP contribution in [0.2, 0.25) is 0 Å². The van der Waals surface area contributed by atoms with Crippen LogP contribution in [0.25, 0.3) is 0 Å². The van der Waals surface area contributed by atoms with Crippen molar-refractivity contribution in [1.29, 1.82) is 0 Å². The fourth-order valence-electron chi connectivity index (χ4n) is 1.26. The molecule has 0 fully saturated rings. The first-order chi connectivity index (χ1) is 5.22. The molecule has 0 spiro atoms. The lowest BCUT2D eigenvalue weighted by Gasteiger charge is -2.41. The number of aliphatic hydroxyl groups excluding tert-OH is 1. The Morgan fingerprint density at radius 3 is 2.64 bits per heavy atom. The Bertz CT molecular complexity index is 147. The summed E-state index contributed by atoms with van der Waals surface area (Å²) in [7, 11) is -2.66. The normalized spacial score (nSPS) is 27.5. The second-order valence-corrected chi connectivity index (χ2v) is 3.84. The van der Waals surface area contributed by atoms with E-state index in [0.717, 1.165) is 12.8 Å². The Labute approximate surface area is 67.3 Å². The van der Waals surface area contributed by atoms with Gasteiger partial charge in [-0.1, -0.05) is 12.2 Å². The molecule has 0 aromatic carbocycles. The predicted octanol–water partition coefficient (Wildman–Crippen LogP) is -0.306. The second-order valence-electron chi connectivity index (χ2n) is 2.74. The average molecular weight is 174 g/mol. The van der Waals surface area contributed by atoms with Gasteiger partial charge in [0.2, 0.25) is 0 Å². The monoisotopic (exact) mass is 174 g/mol. The minimum Gasteiger partial charge on any atom is -0.840 e. The van der Waals surface area contributed by atoms with Crippen molar-refractivity contribution in [2.75, 3.05) is 0 Å². The third kappa shape index (κ3) is 2.53. The van der Waals surface area contributed by atoms with Crippen LogP contribution in [0.4, 0.5) is 0 Å². The summed E-state index contributed by atoms with van der Waals surface area (Å²) >= 11 is 0. The van der Waals surface area contributed by atoms with Crippen molar-refractivity contribution in [3.8, 4) is 0 Å². The first-order valence-electron chi connectivity index (χ1n) is 3.68. The van der Waals surface area contributed by atoms with E-state index >= 15 is 0 Å². The lowest BCUT2D eigenvalue weighted by molar-refractivity contribution is -0.302. The number of rotatable bonds is 2. The van der Waals surface area contributed by atoms with E-state index in [2.05, 4.69) is 0 Å². The summed E-state index contributed by atoms with van der Waals surface area (Å²) in [6.45, 7) is 0. The molecule has 0 aromatic rings. The van der Waals surface area contributed by atoms with E-state index in [9.17, 15) is 9.79 Å². The fraction of sp³-hybridized carbons (Fsp3) is 0.714. The van der Waals surface area contributed by atoms with Crippen molar-refractivity contribution in [2.24, 2.45) is 5.92 Å². The smallest absolute Gasteiger partial charge is 0.0465 e. The molecule has 4 heteroatoms. The van der Waals surface area contributed by atoms with Gasteiger partial charge in [-0.05, 0) is 25.2 Å². The molecule has 1 aliphatic rings. The Kier molecular flexibility index (Phi) is 3.46. The lowest BCUT2D eigenvalue weighted by atomic mass is 9.95. The first kappa shape index (κ1) is 9.14. The van der Waals surface area contributed by atoms with Crippen LogP contribution in [0.3, 0.4) is 0 Å². The maximum absolute atomic E-state index is 10.4. The highest BCUT2D eigenvalue weighted by molar-refractivity contribution is 7.42. The van der Waals surface area contributed by atoms with Crippen molar-refractivity contribution in [3.05, 3.63) is 12.2 Å². The zero-order valence-corrected chi connectivity index (χ0v) is 7.04. The maximum Gasteiger partial charge on any atom is 0.0465 e. The highest BCUT2D eigenvalue weighted by Crippen LogP contribution is 2.32. The van der Waals surface area contributed by atoms with Crippen LogP contribution in [0.5, 0.6) is 0 Å². The van der Waals surface area contributed by atoms with Gasteiger partial charge < -0.3 is 14.9 Å². The molecule has 1 rings (SSSR count). The van der Waals surface area contributed by atoms with Gasteiger partial charge in [-0.2, -0.15) is 0 Å². The van der Waals surface area contributed by atoms with E-state index in [1.165, 1.54) is 0 Å². The molecule has 1 aliphatic carbocycles. The van der Waals surface area contributed by atoms with Gasteiger partial charge >= 0.3 is 0 Å². The molecule has 0 heterocycles. The Morgan fingerprint density at radius 2 is 2.18 bits per heavy atom. The molecule has 0 saturated carbocycles. The van der Waals surface area contributed by atoms with Crippen LogP contribution >= 0.6 is 8.38 Å². The summed E-state index contributed by atoms with van der Waals surface area (Å²) < 4.78 is 0. The third-order valence-electron chi connectivity index (χ3n) is 1.95. The Morgan fingerprint density at radius 1 is 1.45 bits per heavy atom. The summed E-state index contributed by atoms with van der Waals surface area (Å²) in [5, 5.41) is 9.12. The number of aliphatic hydroxyl groups is 1. The van der Waals surface area contributed by atoms with E-state index in [0.29, 0.717) is 6.42 Å². The van der Waals surface area contributed by atoms with Crippen LogP contribution in [0.1, 0.15) is 19.3 Å². The van der Waals surface area contributed by atoms with Gasteiger partial charge in [0.15, 0.2) is 0 Å². The quantitative estimate of drug-likeness (QED) is 0.461. The minimum absolute atomic E-state index is 0.0823. The first-order valence-corrected chi connectivity index (χ1v) is 4.93. The van der Waals surface area contributed by atoms with E-state index < -0.39 is 14.2 Å². The molecule has 2 unspecified atom stereocenters. The summed E-state index contributed by atoms with van der Waals surface area (Å²) in [6, 6.07) is 0. The Balaban J connectivity index is 2.40. The standard InChI is InChI=1S/C7H11O3P/c8-7(11(9)10)6-4-2-1-3-5-6/h1-2,6-8H,3-5H2/q-2. The van der Waals surface area contributed by atoms with Crippen molar-refractivity contribution >= 4 is 8.38 Å². The van der Waals surface area contributed by atoms with Crippen molar-refractivity contribution in [2.45, 2.75) is 25.1 Å². The van der Waals surface area contributed by atoms with Crippen LogP contribution in [0, 0.1) is 5.92 Å². The van der Waals surface area contributed by atoms with E-state index in [-0.39, 0.29) is 5.92 Å². The molecular formula is C7H11O3P-2. The van der Waals surface area contributed by atoms with Crippen LogP contribution in [-0.2, 0) is 0 Å². The van der Waals surface area contributed by atoms with E-state index in [4.69, 9.17) is 5.11 Å². The topological polar surface area (TPSA) is 66.3 Å². The van der Waals surface area contributed by atoms with E-state index in [1.54, 1.807) is 0 Å². The highest BCUT2D eigenvalue weighted by atomic mass is 31.2. The average Bonchev–Trinajstić information content (AvgIpc) is 2.05. The molecule has 0 saturated heterocycles. The molecule has 11 heavy (non-hydrogen) atoms. The number of hydrogen-bond acceptors (Lipinski definition) is 3. The second kappa shape index (κ2) is 4.17. The van der Waals surface area contributed by atoms with Crippen molar-refractivity contribution in [3.63, 3.8) is 0 Å². The molecule has 2 atom stereocenters. The van der Waals surface area contributed by atoms with Gasteiger partial charge in [0.05, 0.1) is 0 Å². The minimum atomic E-state index is -2.66. The molecular weight excluding hydrogens is 163 g/mol. The van der Waals surface area contributed by atoms with Crippen LogP contribution < -0.4 is 9.79 Å². The molecule has 0 radical (unpaired) electrons. The van der Waals surface area contributed by atoms with Gasteiger partial charge in [-0.15, -0.1) is 0 Å². The molecule has 1 N–H and O–H groups in total.